The van der Waals surface area contributed by atoms with Crippen LogP contribution in [0.25, 0.3) is 0 Å². The Bertz CT molecular complexity index is 511. The van der Waals surface area contributed by atoms with Crippen molar-refractivity contribution >= 4 is 10.2 Å². The molecule has 0 amide bonds. The van der Waals surface area contributed by atoms with Crippen molar-refractivity contribution < 1.29 is 8.42 Å². The topological polar surface area (TPSA) is 61.4 Å². The van der Waals surface area contributed by atoms with E-state index in [-0.39, 0.29) is 0 Å². The normalized spacial score (nSPS) is 15.2. The van der Waals surface area contributed by atoms with Crippen molar-refractivity contribution in [2.24, 2.45) is 0 Å². The second-order valence-electron chi connectivity index (χ2n) is 4.32. The maximum absolute atomic E-state index is 11.5. The molecule has 0 spiro atoms. The van der Waals surface area contributed by atoms with Crippen LogP contribution in [0.3, 0.4) is 0 Å². The first kappa shape index (κ1) is 12.5. The molecule has 0 radical (unpaired) electrons. The predicted octanol–water partition coefficient (Wildman–Crippen LogP) is 0.186. The molecule has 2 rings (SSSR count). The van der Waals surface area contributed by atoms with Crippen LogP contribution in [0, 0.1) is 0 Å². The third kappa shape index (κ3) is 2.84. The maximum atomic E-state index is 11.5. The summed E-state index contributed by atoms with van der Waals surface area (Å²) in [6.07, 6.45) is 0. The third-order valence-electron chi connectivity index (χ3n) is 2.84. The number of nitrogens with zero attached hydrogens (tertiary/aromatic N) is 1. The summed E-state index contributed by atoms with van der Waals surface area (Å²) in [7, 11) is -0.325. The first-order chi connectivity index (χ1) is 7.99. The van der Waals surface area contributed by atoms with Crippen LogP contribution in [-0.4, -0.2) is 26.8 Å². The van der Waals surface area contributed by atoms with Crippen molar-refractivity contribution in [3.05, 3.63) is 34.9 Å². The van der Waals surface area contributed by atoms with Crippen LogP contribution in [0.2, 0.25) is 0 Å². The molecule has 0 aromatic heterocycles. The van der Waals surface area contributed by atoms with Gasteiger partial charge in [0.1, 0.15) is 0 Å². The Labute approximate surface area is 102 Å². The lowest BCUT2D eigenvalue weighted by Gasteiger charge is -2.12. The highest BCUT2D eigenvalue weighted by Crippen LogP contribution is 2.17. The molecule has 0 aliphatic carbocycles. The molecule has 6 heteroatoms. The molecule has 1 heterocycles. The van der Waals surface area contributed by atoms with Gasteiger partial charge in [0.25, 0.3) is 10.2 Å². The highest BCUT2D eigenvalue weighted by molar-refractivity contribution is 7.87. The van der Waals surface area contributed by atoms with Gasteiger partial charge in [-0.1, -0.05) is 18.2 Å². The summed E-state index contributed by atoms with van der Waals surface area (Å²) in [4.78, 5) is 0. The van der Waals surface area contributed by atoms with Crippen LogP contribution in [0.15, 0.2) is 18.2 Å². The molecule has 0 bridgehead atoms. The molecule has 1 aliphatic heterocycles. The monoisotopic (exact) mass is 255 g/mol. The summed E-state index contributed by atoms with van der Waals surface area (Å²) in [5.41, 5.74) is 3.54. The molecule has 2 N–H and O–H groups in total. The molecule has 1 aromatic rings. The van der Waals surface area contributed by atoms with E-state index >= 15 is 0 Å². The van der Waals surface area contributed by atoms with E-state index in [4.69, 9.17) is 0 Å². The van der Waals surface area contributed by atoms with Crippen LogP contribution < -0.4 is 10.0 Å². The van der Waals surface area contributed by atoms with Crippen LogP contribution in [0.4, 0.5) is 0 Å². The van der Waals surface area contributed by atoms with Crippen LogP contribution >= 0.6 is 0 Å². The summed E-state index contributed by atoms with van der Waals surface area (Å²) in [6.45, 7) is 2.09. The molecule has 0 atom stereocenters. The van der Waals surface area contributed by atoms with Gasteiger partial charge in [0.05, 0.1) is 0 Å². The van der Waals surface area contributed by atoms with E-state index in [9.17, 15) is 8.42 Å². The molecular weight excluding hydrogens is 238 g/mol. The van der Waals surface area contributed by atoms with Crippen molar-refractivity contribution in [1.29, 1.82) is 0 Å². The maximum Gasteiger partial charge on any atom is 0.279 e. The van der Waals surface area contributed by atoms with Crippen LogP contribution in [0.1, 0.15) is 16.7 Å². The van der Waals surface area contributed by atoms with Crippen LogP contribution in [0.5, 0.6) is 0 Å². The van der Waals surface area contributed by atoms with E-state index in [1.807, 2.05) is 12.1 Å². The lowest BCUT2D eigenvalue weighted by atomic mass is 10.1. The first-order valence-corrected chi connectivity index (χ1v) is 6.91. The van der Waals surface area contributed by atoms with Gasteiger partial charge in [0.2, 0.25) is 0 Å². The molecule has 0 fully saturated rings. The van der Waals surface area contributed by atoms with E-state index in [0.29, 0.717) is 6.54 Å². The molecule has 0 unspecified atom stereocenters. The summed E-state index contributed by atoms with van der Waals surface area (Å²) >= 11 is 0. The predicted molar refractivity (Wildman–Crippen MR) is 66.4 cm³/mol. The van der Waals surface area contributed by atoms with Crippen molar-refractivity contribution in [2.75, 3.05) is 14.1 Å². The Morgan fingerprint density at radius 2 is 2.00 bits per heavy atom. The Balaban J connectivity index is 2.06. The lowest BCUT2D eigenvalue weighted by molar-refractivity contribution is 0.505. The number of hydrogen-bond donors (Lipinski definition) is 2. The number of hydrogen-bond acceptors (Lipinski definition) is 3. The molecule has 94 valence electrons. The molecule has 0 saturated carbocycles. The molecule has 5 nitrogen and oxygen atoms in total. The van der Waals surface area contributed by atoms with Gasteiger partial charge < -0.3 is 5.32 Å². The first-order valence-electron chi connectivity index (χ1n) is 5.47. The number of fused-ring (bicyclic) bond motifs is 1. The summed E-state index contributed by atoms with van der Waals surface area (Å²) in [5.74, 6) is 0. The third-order valence-corrected chi connectivity index (χ3v) is 4.31. The SMILES string of the molecule is CN(C)S(=O)(=O)NCc1ccc2c(c1)CNC2. The van der Waals surface area contributed by atoms with Gasteiger partial charge in [-0.25, -0.2) is 0 Å². The molecule has 0 saturated heterocycles. The van der Waals surface area contributed by atoms with Crippen molar-refractivity contribution in [1.82, 2.24) is 14.3 Å². The summed E-state index contributed by atoms with van der Waals surface area (Å²) in [6, 6.07) is 6.06. The fourth-order valence-corrected chi connectivity index (χ4v) is 2.37. The lowest BCUT2D eigenvalue weighted by Crippen LogP contribution is -2.35. The highest BCUT2D eigenvalue weighted by Gasteiger charge is 2.14. The van der Waals surface area contributed by atoms with E-state index in [0.717, 1.165) is 18.7 Å². The zero-order valence-electron chi connectivity index (χ0n) is 10.0. The zero-order valence-corrected chi connectivity index (χ0v) is 10.8. The highest BCUT2D eigenvalue weighted by atomic mass is 32.2. The standard InChI is InChI=1S/C11H17N3O2S/c1-14(2)17(15,16)13-6-9-3-4-10-7-12-8-11(10)5-9/h3-5,12-13H,6-8H2,1-2H3. The largest absolute Gasteiger partial charge is 0.309 e. The van der Waals surface area contributed by atoms with Gasteiger partial charge in [-0.05, 0) is 16.7 Å². The van der Waals surface area contributed by atoms with Gasteiger partial charge in [-0.3, -0.25) is 0 Å². The molecule has 17 heavy (non-hydrogen) atoms. The van der Waals surface area contributed by atoms with Gasteiger partial charge in [-0.2, -0.15) is 17.4 Å². The Kier molecular flexibility index (Phi) is 3.48. The van der Waals surface area contributed by atoms with Gasteiger partial charge in [0, 0.05) is 33.7 Å². The minimum atomic E-state index is -3.34. The van der Waals surface area contributed by atoms with E-state index in [2.05, 4.69) is 16.1 Å². The fourth-order valence-electron chi connectivity index (χ4n) is 1.76. The van der Waals surface area contributed by atoms with E-state index in [1.165, 1.54) is 29.5 Å². The van der Waals surface area contributed by atoms with E-state index in [1.54, 1.807) is 0 Å². The molecular formula is C11H17N3O2S. The average Bonchev–Trinajstić information content (AvgIpc) is 2.73. The van der Waals surface area contributed by atoms with Crippen molar-refractivity contribution in [3.8, 4) is 0 Å². The van der Waals surface area contributed by atoms with Crippen molar-refractivity contribution in [3.63, 3.8) is 0 Å². The average molecular weight is 255 g/mol. The Morgan fingerprint density at radius 1 is 1.29 bits per heavy atom. The van der Waals surface area contributed by atoms with Gasteiger partial charge in [0.15, 0.2) is 0 Å². The van der Waals surface area contributed by atoms with Crippen LogP contribution in [-0.2, 0) is 29.8 Å². The smallest absolute Gasteiger partial charge is 0.279 e. The molecule has 1 aliphatic rings. The zero-order chi connectivity index (χ0) is 12.5. The van der Waals surface area contributed by atoms with Gasteiger partial charge in [-0.15, -0.1) is 0 Å². The molecule has 1 aromatic carbocycles. The Hall–Kier alpha value is -0.950. The van der Waals surface area contributed by atoms with Crippen molar-refractivity contribution in [2.45, 2.75) is 19.6 Å². The fraction of sp³-hybridized carbons (Fsp3) is 0.455. The number of benzene rings is 1. The van der Waals surface area contributed by atoms with E-state index < -0.39 is 10.2 Å². The second kappa shape index (κ2) is 4.73. The number of nitrogens with one attached hydrogen (secondary N) is 2. The van der Waals surface area contributed by atoms with Gasteiger partial charge >= 0.3 is 0 Å². The summed E-state index contributed by atoms with van der Waals surface area (Å²) in [5, 5.41) is 3.26. The Morgan fingerprint density at radius 3 is 2.71 bits per heavy atom. The second-order valence-corrected chi connectivity index (χ2v) is 6.28. The summed E-state index contributed by atoms with van der Waals surface area (Å²) < 4.78 is 26.8. The quantitative estimate of drug-likeness (QED) is 0.807. The minimum Gasteiger partial charge on any atom is -0.309 e. The number of rotatable bonds is 4. The minimum absolute atomic E-state index is 0.327.